The highest BCUT2D eigenvalue weighted by Gasteiger charge is 2.33. The molecule has 0 saturated carbocycles. The Hall–Kier alpha value is -1.33. The number of amides is 1. The monoisotopic (exact) mass is 291 g/mol. The number of hydrogen-bond acceptors (Lipinski definition) is 3. The molecule has 0 aliphatic carbocycles. The number of aryl methyl sites for hydroxylation is 1. The van der Waals surface area contributed by atoms with Crippen molar-refractivity contribution in [2.45, 2.75) is 37.8 Å². The first-order valence-electron chi connectivity index (χ1n) is 8.00. The van der Waals surface area contributed by atoms with Crippen LogP contribution in [0.2, 0.25) is 0 Å². The maximum atomic E-state index is 12.9. The van der Waals surface area contributed by atoms with Gasteiger partial charge in [-0.2, -0.15) is 0 Å². The number of carbonyl (C=O) groups excluding carboxylic acids is 1. The summed E-state index contributed by atoms with van der Waals surface area (Å²) in [6.45, 7) is 2.81. The molecule has 2 fully saturated rings. The van der Waals surface area contributed by atoms with E-state index in [9.17, 15) is 4.79 Å². The van der Waals surface area contributed by atoms with Gasteiger partial charge in [-0.1, -0.05) is 12.8 Å². The first-order chi connectivity index (χ1) is 10.3. The summed E-state index contributed by atoms with van der Waals surface area (Å²) >= 11 is 0. The molecular formula is C16H25N3O2. The van der Waals surface area contributed by atoms with Gasteiger partial charge in [-0.25, -0.2) is 0 Å². The number of carbonyl (C=O) groups is 1. The zero-order valence-corrected chi connectivity index (χ0v) is 12.8. The van der Waals surface area contributed by atoms with Crippen molar-refractivity contribution in [2.24, 2.45) is 7.05 Å². The predicted octanol–water partition coefficient (Wildman–Crippen LogP) is 1.46. The molecule has 21 heavy (non-hydrogen) atoms. The van der Waals surface area contributed by atoms with E-state index in [0.29, 0.717) is 13.2 Å². The quantitative estimate of drug-likeness (QED) is 0.897. The molecule has 2 saturated heterocycles. The summed E-state index contributed by atoms with van der Waals surface area (Å²) in [6.07, 6.45) is 6.61. The van der Waals surface area contributed by atoms with Crippen LogP contribution in [0, 0.1) is 0 Å². The normalized spacial score (nSPS) is 27.4. The Balaban J connectivity index is 1.81. The molecule has 3 rings (SSSR count). The van der Waals surface area contributed by atoms with Crippen LogP contribution in [0.5, 0.6) is 0 Å². The third-order valence-electron chi connectivity index (χ3n) is 4.58. The van der Waals surface area contributed by atoms with Crippen molar-refractivity contribution in [3.63, 3.8) is 0 Å². The van der Waals surface area contributed by atoms with Gasteiger partial charge < -0.3 is 19.5 Å². The third kappa shape index (κ3) is 3.14. The number of morpholine rings is 1. The minimum atomic E-state index is -0.181. The smallest absolute Gasteiger partial charge is 0.242 e. The Labute approximate surface area is 126 Å². The largest absolute Gasteiger partial charge is 0.378 e. The zero-order valence-electron chi connectivity index (χ0n) is 12.8. The van der Waals surface area contributed by atoms with E-state index in [1.54, 1.807) is 0 Å². The summed E-state index contributed by atoms with van der Waals surface area (Å²) in [5, 5.41) is 3.29. The molecule has 1 N–H and O–H groups in total. The second-order valence-corrected chi connectivity index (χ2v) is 6.02. The van der Waals surface area contributed by atoms with E-state index in [1.165, 1.54) is 18.5 Å². The number of likely N-dealkylation sites (tertiary alicyclic amines) is 1. The van der Waals surface area contributed by atoms with E-state index in [2.05, 4.69) is 40.2 Å². The highest BCUT2D eigenvalue weighted by atomic mass is 16.5. The lowest BCUT2D eigenvalue weighted by Gasteiger charge is -2.35. The van der Waals surface area contributed by atoms with Crippen molar-refractivity contribution in [3.8, 4) is 0 Å². The summed E-state index contributed by atoms with van der Waals surface area (Å²) in [4.78, 5) is 15.0. The Morgan fingerprint density at radius 2 is 2.29 bits per heavy atom. The molecule has 5 heteroatoms. The molecule has 0 radical (unpaired) electrons. The minimum absolute atomic E-state index is 0.181. The molecule has 3 heterocycles. The number of nitrogens with zero attached hydrogens (tertiary/aromatic N) is 2. The number of nitrogens with one attached hydrogen (secondary N) is 1. The molecular weight excluding hydrogens is 266 g/mol. The van der Waals surface area contributed by atoms with Crippen LogP contribution in [-0.2, 0) is 16.6 Å². The number of ether oxygens (including phenoxy) is 1. The molecule has 0 spiro atoms. The second-order valence-electron chi connectivity index (χ2n) is 6.02. The maximum absolute atomic E-state index is 12.9. The zero-order chi connectivity index (χ0) is 14.7. The molecule has 1 aromatic rings. The van der Waals surface area contributed by atoms with Gasteiger partial charge in [0.15, 0.2) is 0 Å². The van der Waals surface area contributed by atoms with Crippen molar-refractivity contribution in [3.05, 3.63) is 24.0 Å². The fourth-order valence-electron chi connectivity index (χ4n) is 3.42. The van der Waals surface area contributed by atoms with Crippen molar-refractivity contribution in [2.75, 3.05) is 26.3 Å². The lowest BCUT2D eigenvalue weighted by Crippen LogP contribution is -2.53. The lowest BCUT2D eigenvalue weighted by molar-refractivity contribution is -0.139. The summed E-state index contributed by atoms with van der Waals surface area (Å²) in [5.74, 6) is 0.197. The highest BCUT2D eigenvalue weighted by molar-refractivity contribution is 5.82. The Morgan fingerprint density at radius 1 is 1.38 bits per heavy atom. The molecule has 1 aromatic heterocycles. The topological polar surface area (TPSA) is 46.5 Å². The molecule has 2 aliphatic rings. The Bertz CT molecular complexity index is 480. The third-order valence-corrected chi connectivity index (χ3v) is 4.58. The van der Waals surface area contributed by atoms with Gasteiger partial charge in [0.05, 0.1) is 19.3 Å². The van der Waals surface area contributed by atoms with Crippen molar-refractivity contribution >= 4 is 5.91 Å². The van der Waals surface area contributed by atoms with Crippen LogP contribution in [-0.4, -0.2) is 47.7 Å². The van der Waals surface area contributed by atoms with Crippen LogP contribution in [0.15, 0.2) is 18.3 Å². The summed E-state index contributed by atoms with van der Waals surface area (Å²) in [5.41, 5.74) is 1.24. The SMILES string of the molecule is Cn1cccc1C1CCCCCN1C(=O)C1COCCN1. The lowest BCUT2D eigenvalue weighted by atomic mass is 10.1. The van der Waals surface area contributed by atoms with Crippen LogP contribution in [0.4, 0.5) is 0 Å². The first-order valence-corrected chi connectivity index (χ1v) is 8.00. The summed E-state index contributed by atoms with van der Waals surface area (Å²) in [6, 6.07) is 4.22. The number of rotatable bonds is 2. The molecule has 0 aromatic carbocycles. The second kappa shape index (κ2) is 6.62. The van der Waals surface area contributed by atoms with Crippen LogP contribution >= 0.6 is 0 Å². The number of aromatic nitrogens is 1. The fraction of sp³-hybridized carbons (Fsp3) is 0.688. The Morgan fingerprint density at radius 3 is 3.00 bits per heavy atom. The standard InChI is InChI=1S/C16H25N3O2/c1-18-9-5-7-14(18)15-6-3-2-4-10-19(15)16(20)13-12-21-11-8-17-13/h5,7,9,13,15,17H,2-4,6,8,10-12H2,1H3. The molecule has 0 bridgehead atoms. The van der Waals surface area contributed by atoms with Gasteiger partial charge in [-0.05, 0) is 25.0 Å². The van der Waals surface area contributed by atoms with E-state index in [-0.39, 0.29) is 18.0 Å². The van der Waals surface area contributed by atoms with Gasteiger partial charge in [0.25, 0.3) is 0 Å². The molecule has 2 atom stereocenters. The van der Waals surface area contributed by atoms with Crippen LogP contribution < -0.4 is 5.32 Å². The van der Waals surface area contributed by atoms with Gasteiger partial charge in [0, 0.05) is 32.0 Å². The van der Waals surface area contributed by atoms with Crippen LogP contribution in [0.25, 0.3) is 0 Å². The van der Waals surface area contributed by atoms with E-state index in [1.807, 2.05) is 0 Å². The van der Waals surface area contributed by atoms with E-state index >= 15 is 0 Å². The molecule has 116 valence electrons. The van der Waals surface area contributed by atoms with Crippen molar-refractivity contribution < 1.29 is 9.53 Å². The average Bonchev–Trinajstić information content (AvgIpc) is 2.80. The fourth-order valence-corrected chi connectivity index (χ4v) is 3.42. The van der Waals surface area contributed by atoms with Gasteiger partial charge in [0.1, 0.15) is 6.04 Å². The van der Waals surface area contributed by atoms with Crippen LogP contribution in [0.3, 0.4) is 0 Å². The van der Waals surface area contributed by atoms with Gasteiger partial charge in [-0.15, -0.1) is 0 Å². The highest BCUT2D eigenvalue weighted by Crippen LogP contribution is 2.30. The summed E-state index contributed by atoms with van der Waals surface area (Å²) < 4.78 is 7.60. The van der Waals surface area contributed by atoms with Gasteiger partial charge in [-0.3, -0.25) is 4.79 Å². The van der Waals surface area contributed by atoms with Crippen LogP contribution in [0.1, 0.15) is 37.4 Å². The predicted molar refractivity (Wildman–Crippen MR) is 80.9 cm³/mol. The first kappa shape index (κ1) is 14.6. The van der Waals surface area contributed by atoms with E-state index in [0.717, 1.165) is 25.9 Å². The number of hydrogen-bond donors (Lipinski definition) is 1. The average molecular weight is 291 g/mol. The molecule has 5 nitrogen and oxygen atoms in total. The molecule has 2 unspecified atom stereocenters. The van der Waals surface area contributed by atoms with Gasteiger partial charge in [0.2, 0.25) is 5.91 Å². The molecule has 1 amide bonds. The maximum Gasteiger partial charge on any atom is 0.242 e. The molecule has 2 aliphatic heterocycles. The van der Waals surface area contributed by atoms with Gasteiger partial charge >= 0.3 is 0 Å². The van der Waals surface area contributed by atoms with E-state index < -0.39 is 0 Å². The van der Waals surface area contributed by atoms with Crippen molar-refractivity contribution in [1.82, 2.24) is 14.8 Å². The summed E-state index contributed by atoms with van der Waals surface area (Å²) in [7, 11) is 2.06. The van der Waals surface area contributed by atoms with E-state index in [4.69, 9.17) is 4.74 Å². The minimum Gasteiger partial charge on any atom is -0.378 e. The Kier molecular flexibility index (Phi) is 4.60. The van der Waals surface area contributed by atoms with Crippen molar-refractivity contribution in [1.29, 1.82) is 0 Å².